The number of nitrogens with zero attached hydrogens (tertiary/aromatic N) is 1. The van der Waals surface area contributed by atoms with E-state index in [9.17, 15) is 4.79 Å². The fourth-order valence-electron chi connectivity index (χ4n) is 2.40. The number of pyridine rings is 1. The minimum atomic E-state index is -0.244. The number of methoxy groups -OCH3 is 1. The molecular weight excluding hydrogens is 350 g/mol. The van der Waals surface area contributed by atoms with Crippen LogP contribution in [0.25, 0.3) is 0 Å². The van der Waals surface area contributed by atoms with Gasteiger partial charge in [-0.05, 0) is 42.0 Å². The number of benzene rings is 2. The van der Waals surface area contributed by atoms with Gasteiger partial charge in [-0.1, -0.05) is 35.9 Å². The van der Waals surface area contributed by atoms with Gasteiger partial charge in [0, 0.05) is 11.6 Å². The Kier molecular flexibility index (Phi) is 5.71. The Morgan fingerprint density at radius 3 is 2.54 bits per heavy atom. The van der Waals surface area contributed by atoms with Crippen molar-refractivity contribution in [3.8, 4) is 5.75 Å². The predicted octanol–water partition coefficient (Wildman–Crippen LogP) is 4.61. The van der Waals surface area contributed by atoms with Gasteiger partial charge in [0.25, 0.3) is 5.91 Å². The van der Waals surface area contributed by atoms with Crippen LogP contribution in [0, 0.1) is 0 Å². The lowest BCUT2D eigenvalue weighted by Gasteiger charge is -2.10. The molecule has 0 atom stereocenters. The van der Waals surface area contributed by atoms with Crippen LogP contribution in [0.4, 0.5) is 11.5 Å². The first-order valence-corrected chi connectivity index (χ1v) is 8.42. The minimum Gasteiger partial charge on any atom is -0.496 e. The van der Waals surface area contributed by atoms with Crippen molar-refractivity contribution in [1.82, 2.24) is 4.98 Å². The fourth-order valence-corrected chi connectivity index (χ4v) is 2.52. The van der Waals surface area contributed by atoms with E-state index < -0.39 is 0 Å². The summed E-state index contributed by atoms with van der Waals surface area (Å²) < 4.78 is 5.21. The van der Waals surface area contributed by atoms with E-state index in [4.69, 9.17) is 16.3 Å². The van der Waals surface area contributed by atoms with E-state index in [0.717, 1.165) is 11.4 Å². The van der Waals surface area contributed by atoms with E-state index in [1.165, 1.54) is 7.11 Å². The number of nitrogens with one attached hydrogen (secondary N) is 2. The first-order chi connectivity index (χ1) is 12.7. The molecule has 0 saturated heterocycles. The zero-order valence-corrected chi connectivity index (χ0v) is 15.0. The van der Waals surface area contributed by atoms with Gasteiger partial charge in [-0.2, -0.15) is 0 Å². The number of carbonyl (C=O) groups excluding carboxylic acids is 1. The van der Waals surface area contributed by atoms with Crippen molar-refractivity contribution in [1.29, 1.82) is 0 Å². The zero-order valence-electron chi connectivity index (χ0n) is 14.2. The highest BCUT2D eigenvalue weighted by atomic mass is 35.5. The number of carbonyl (C=O) groups is 1. The second-order valence-electron chi connectivity index (χ2n) is 5.57. The third-order valence-electron chi connectivity index (χ3n) is 3.76. The second kappa shape index (κ2) is 8.36. The quantitative estimate of drug-likeness (QED) is 0.668. The van der Waals surface area contributed by atoms with Crippen LogP contribution < -0.4 is 15.4 Å². The van der Waals surface area contributed by atoms with Gasteiger partial charge >= 0.3 is 0 Å². The number of ether oxygens (including phenoxy) is 1. The van der Waals surface area contributed by atoms with E-state index in [1.807, 2.05) is 36.4 Å². The van der Waals surface area contributed by atoms with Crippen molar-refractivity contribution in [2.24, 2.45) is 0 Å². The van der Waals surface area contributed by atoms with Crippen LogP contribution in [-0.2, 0) is 6.54 Å². The second-order valence-corrected chi connectivity index (χ2v) is 6.00. The summed E-state index contributed by atoms with van der Waals surface area (Å²) in [5, 5.41) is 6.75. The Morgan fingerprint density at radius 2 is 1.85 bits per heavy atom. The third-order valence-corrected chi connectivity index (χ3v) is 4.01. The molecule has 1 heterocycles. The molecule has 3 rings (SSSR count). The number of aromatic nitrogens is 1. The average Bonchev–Trinajstić information content (AvgIpc) is 2.68. The number of hydrogen-bond acceptors (Lipinski definition) is 4. The van der Waals surface area contributed by atoms with Crippen LogP contribution in [0.3, 0.4) is 0 Å². The molecule has 132 valence electrons. The molecule has 0 unspecified atom stereocenters. The molecule has 0 aliphatic rings. The summed E-state index contributed by atoms with van der Waals surface area (Å²) >= 11 is 5.88. The normalized spacial score (nSPS) is 10.2. The number of para-hydroxylation sites is 1. The van der Waals surface area contributed by atoms with E-state index in [1.54, 1.807) is 30.5 Å². The standard InChI is InChI=1S/C20H18ClN3O2/c1-26-18-5-3-2-4-17(18)20(25)24-16-10-11-19(23-13-16)22-12-14-6-8-15(21)9-7-14/h2-11,13H,12H2,1H3,(H,22,23)(H,24,25). The highest BCUT2D eigenvalue weighted by Gasteiger charge is 2.11. The van der Waals surface area contributed by atoms with E-state index >= 15 is 0 Å². The maximum Gasteiger partial charge on any atom is 0.259 e. The molecule has 0 radical (unpaired) electrons. The number of hydrogen-bond donors (Lipinski definition) is 2. The summed E-state index contributed by atoms with van der Waals surface area (Å²) in [6.07, 6.45) is 1.61. The van der Waals surface area contributed by atoms with Gasteiger partial charge in [0.05, 0.1) is 24.6 Å². The average molecular weight is 368 g/mol. The molecule has 0 aliphatic carbocycles. The van der Waals surface area contributed by atoms with Crippen molar-refractivity contribution in [3.05, 3.63) is 83.0 Å². The van der Waals surface area contributed by atoms with E-state index in [2.05, 4.69) is 15.6 Å². The van der Waals surface area contributed by atoms with E-state index in [0.29, 0.717) is 28.6 Å². The lowest BCUT2D eigenvalue weighted by atomic mass is 10.2. The largest absolute Gasteiger partial charge is 0.496 e. The van der Waals surface area contributed by atoms with Crippen LogP contribution in [0.15, 0.2) is 66.9 Å². The molecule has 0 spiro atoms. The lowest BCUT2D eigenvalue weighted by molar-refractivity contribution is 0.102. The summed E-state index contributed by atoms with van der Waals surface area (Å²) in [6, 6.07) is 18.3. The lowest BCUT2D eigenvalue weighted by Crippen LogP contribution is -2.13. The number of amides is 1. The highest BCUT2D eigenvalue weighted by Crippen LogP contribution is 2.19. The Hall–Kier alpha value is -3.05. The summed E-state index contributed by atoms with van der Waals surface area (Å²) in [5.74, 6) is 1.00. The van der Waals surface area contributed by atoms with Gasteiger partial charge < -0.3 is 15.4 Å². The summed E-state index contributed by atoms with van der Waals surface area (Å²) in [5.41, 5.74) is 2.18. The molecule has 3 aromatic rings. The first-order valence-electron chi connectivity index (χ1n) is 8.04. The number of halogens is 1. The first kappa shape index (κ1) is 17.8. The molecule has 0 fully saturated rings. The van der Waals surface area contributed by atoms with Crippen molar-refractivity contribution >= 4 is 29.0 Å². The maximum atomic E-state index is 12.4. The summed E-state index contributed by atoms with van der Waals surface area (Å²) in [6.45, 7) is 0.636. The smallest absolute Gasteiger partial charge is 0.259 e. The monoisotopic (exact) mass is 367 g/mol. The molecule has 0 saturated carbocycles. The summed E-state index contributed by atoms with van der Waals surface area (Å²) in [4.78, 5) is 16.7. The molecular formula is C20H18ClN3O2. The van der Waals surface area contributed by atoms with Gasteiger partial charge in [0.2, 0.25) is 0 Å². The van der Waals surface area contributed by atoms with E-state index in [-0.39, 0.29) is 5.91 Å². The molecule has 1 aromatic heterocycles. The highest BCUT2D eigenvalue weighted by molar-refractivity contribution is 6.30. The molecule has 2 N–H and O–H groups in total. The van der Waals surface area contributed by atoms with Gasteiger partial charge in [-0.25, -0.2) is 4.98 Å². The number of anilines is 2. The third kappa shape index (κ3) is 4.52. The van der Waals surface area contributed by atoms with Gasteiger partial charge in [-0.3, -0.25) is 4.79 Å². The zero-order chi connectivity index (χ0) is 18.4. The van der Waals surface area contributed by atoms with Crippen molar-refractivity contribution in [3.63, 3.8) is 0 Å². The van der Waals surface area contributed by atoms with Crippen molar-refractivity contribution in [2.45, 2.75) is 6.54 Å². The predicted molar refractivity (Wildman–Crippen MR) is 104 cm³/mol. The van der Waals surface area contributed by atoms with Crippen LogP contribution in [0.1, 0.15) is 15.9 Å². The Balaban J connectivity index is 1.60. The van der Waals surface area contributed by atoms with Crippen LogP contribution in [0.2, 0.25) is 5.02 Å². The topological polar surface area (TPSA) is 63.2 Å². The molecule has 1 amide bonds. The SMILES string of the molecule is COc1ccccc1C(=O)Nc1ccc(NCc2ccc(Cl)cc2)nc1. The molecule has 5 nitrogen and oxygen atoms in total. The van der Waals surface area contributed by atoms with Gasteiger partial charge in [-0.15, -0.1) is 0 Å². The number of rotatable bonds is 6. The van der Waals surface area contributed by atoms with Crippen molar-refractivity contribution < 1.29 is 9.53 Å². The Labute approximate surface area is 157 Å². The molecule has 2 aromatic carbocycles. The van der Waals surface area contributed by atoms with Crippen LogP contribution in [0.5, 0.6) is 5.75 Å². The van der Waals surface area contributed by atoms with Gasteiger partial charge in [0.15, 0.2) is 0 Å². The Bertz CT molecular complexity index is 880. The molecule has 0 bridgehead atoms. The van der Waals surface area contributed by atoms with Gasteiger partial charge in [0.1, 0.15) is 11.6 Å². The maximum absolute atomic E-state index is 12.4. The minimum absolute atomic E-state index is 0.244. The Morgan fingerprint density at radius 1 is 1.08 bits per heavy atom. The molecule has 26 heavy (non-hydrogen) atoms. The van der Waals surface area contributed by atoms with Crippen molar-refractivity contribution in [2.75, 3.05) is 17.7 Å². The fraction of sp³-hybridized carbons (Fsp3) is 0.100. The summed E-state index contributed by atoms with van der Waals surface area (Å²) in [7, 11) is 1.54. The molecule has 6 heteroatoms. The van der Waals surface area contributed by atoms with Crippen LogP contribution in [-0.4, -0.2) is 18.0 Å². The van der Waals surface area contributed by atoms with Crippen LogP contribution >= 0.6 is 11.6 Å². The molecule has 0 aliphatic heterocycles.